The van der Waals surface area contributed by atoms with E-state index in [0.717, 1.165) is 57.3 Å². The van der Waals surface area contributed by atoms with E-state index >= 15 is 0 Å². The van der Waals surface area contributed by atoms with Crippen LogP contribution in [0.4, 0.5) is 5.69 Å². The molecule has 0 bridgehead atoms. The van der Waals surface area contributed by atoms with E-state index in [1.54, 1.807) is 4.90 Å². The Morgan fingerprint density at radius 3 is 2.32 bits per heavy atom. The van der Waals surface area contributed by atoms with Crippen LogP contribution in [0.5, 0.6) is 0 Å². The van der Waals surface area contributed by atoms with Crippen LogP contribution in [-0.2, 0) is 14.4 Å². The lowest BCUT2D eigenvalue weighted by Crippen LogP contribution is -2.58. The van der Waals surface area contributed by atoms with E-state index in [2.05, 4.69) is 30.7 Å². The van der Waals surface area contributed by atoms with Gasteiger partial charge in [-0.2, -0.15) is 0 Å². The van der Waals surface area contributed by atoms with Crippen molar-refractivity contribution in [3.8, 4) is 0 Å². The van der Waals surface area contributed by atoms with Gasteiger partial charge in [0.15, 0.2) is 0 Å². The molecule has 0 radical (unpaired) electrons. The van der Waals surface area contributed by atoms with Crippen molar-refractivity contribution in [2.45, 2.75) is 76.8 Å². The minimum absolute atomic E-state index is 0.00675. The van der Waals surface area contributed by atoms with Crippen molar-refractivity contribution in [2.24, 2.45) is 5.92 Å². The Hall–Kier alpha value is -2.61. The summed E-state index contributed by atoms with van der Waals surface area (Å²) in [5.74, 6) is 0.334. The third kappa shape index (κ3) is 5.85. The Bertz CT molecular complexity index is 954. The van der Waals surface area contributed by atoms with Crippen LogP contribution in [0.15, 0.2) is 30.3 Å². The van der Waals surface area contributed by atoms with Crippen LogP contribution in [0.2, 0.25) is 0 Å². The number of anilines is 1. The average Bonchev–Trinajstić information content (AvgIpc) is 3.20. The molecule has 0 aromatic heterocycles. The van der Waals surface area contributed by atoms with Gasteiger partial charge in [-0.1, -0.05) is 44.9 Å². The van der Waals surface area contributed by atoms with E-state index in [9.17, 15) is 14.4 Å². The van der Waals surface area contributed by atoms with Gasteiger partial charge in [0.2, 0.25) is 11.8 Å². The summed E-state index contributed by atoms with van der Waals surface area (Å²) in [6, 6.07) is 10.3. The maximum absolute atomic E-state index is 14.1. The number of hydrogen-bond donors (Lipinski definition) is 0. The number of amides is 3. The second-order valence-electron chi connectivity index (χ2n) is 11.6. The topological polar surface area (TPSA) is 67.4 Å². The summed E-state index contributed by atoms with van der Waals surface area (Å²) in [5, 5.41) is 0. The lowest BCUT2D eigenvalue weighted by atomic mass is 9.84. The Kier molecular flexibility index (Phi) is 9.34. The molecule has 1 aromatic rings. The number of likely N-dealkylation sites (tertiary alicyclic amines) is 2. The molecular formula is C30H47N5O3. The predicted octanol–water partition coefficient (Wildman–Crippen LogP) is 3.42. The molecule has 4 rings (SSSR count). The third-order valence-electron chi connectivity index (χ3n) is 9.19. The van der Waals surface area contributed by atoms with E-state index in [0.29, 0.717) is 32.6 Å². The van der Waals surface area contributed by atoms with Gasteiger partial charge in [0.05, 0.1) is 6.67 Å². The number of hydrogen-bond acceptors (Lipinski definition) is 5. The van der Waals surface area contributed by atoms with Crippen molar-refractivity contribution in [3.05, 3.63) is 30.3 Å². The number of piperidine rings is 2. The molecule has 0 saturated carbocycles. The van der Waals surface area contributed by atoms with Crippen LogP contribution in [0.3, 0.4) is 0 Å². The molecule has 8 heteroatoms. The zero-order valence-corrected chi connectivity index (χ0v) is 23.9. The fraction of sp³-hybridized carbons (Fsp3) is 0.700. The first kappa shape index (κ1) is 28.4. The fourth-order valence-electron chi connectivity index (χ4n) is 6.49. The minimum Gasteiger partial charge on any atom is -0.342 e. The first-order valence-corrected chi connectivity index (χ1v) is 14.7. The predicted molar refractivity (Wildman–Crippen MR) is 151 cm³/mol. The van der Waals surface area contributed by atoms with E-state index in [1.807, 2.05) is 47.2 Å². The summed E-state index contributed by atoms with van der Waals surface area (Å²) in [5.41, 5.74) is 0.281. The van der Waals surface area contributed by atoms with Crippen LogP contribution in [0.25, 0.3) is 0 Å². The molecule has 3 amide bonds. The third-order valence-corrected chi connectivity index (χ3v) is 9.19. The highest BCUT2D eigenvalue weighted by Gasteiger charge is 2.54. The average molecular weight is 526 g/mol. The number of unbranched alkanes of at least 4 members (excludes halogenated alkanes) is 1. The molecular weight excluding hydrogens is 478 g/mol. The Labute approximate surface area is 228 Å². The molecule has 1 unspecified atom stereocenters. The standard InChI is InChI=1S/C30H47N5O3/c1-5-7-11-24(6-2)28(37)33-20-16-30(17-21-33)29(38)34(23-35(30)26-12-9-8-10-13-26)22-27(36)32(4)25-14-18-31(3)19-15-25/h8-10,12-13,24-25H,5-7,11,14-23H2,1-4H3. The first-order chi connectivity index (χ1) is 18.3. The van der Waals surface area contributed by atoms with Gasteiger partial charge in [0, 0.05) is 37.8 Å². The molecule has 1 spiro atoms. The SMILES string of the molecule is CCCCC(CC)C(=O)N1CCC2(CC1)C(=O)N(CC(=O)N(C)C1CCN(C)CC1)CN2c1ccccc1. The maximum atomic E-state index is 14.1. The molecule has 3 saturated heterocycles. The second kappa shape index (κ2) is 12.5. The van der Waals surface area contributed by atoms with Crippen molar-refractivity contribution in [1.82, 2.24) is 19.6 Å². The molecule has 0 N–H and O–H groups in total. The number of carbonyl (C=O) groups is 3. The molecule has 1 aromatic carbocycles. The normalized spacial score (nSPS) is 21.3. The van der Waals surface area contributed by atoms with Crippen LogP contribution in [0.1, 0.15) is 65.2 Å². The van der Waals surface area contributed by atoms with Crippen molar-refractivity contribution in [2.75, 3.05) is 58.4 Å². The highest BCUT2D eigenvalue weighted by Crippen LogP contribution is 2.40. The number of nitrogens with zero attached hydrogens (tertiary/aromatic N) is 5. The van der Waals surface area contributed by atoms with Crippen molar-refractivity contribution >= 4 is 23.4 Å². The molecule has 1 atom stereocenters. The summed E-state index contributed by atoms with van der Waals surface area (Å²) in [7, 11) is 4.00. The zero-order valence-electron chi connectivity index (χ0n) is 23.9. The molecule has 210 valence electrons. The summed E-state index contributed by atoms with van der Waals surface area (Å²) < 4.78 is 0. The van der Waals surface area contributed by atoms with Gasteiger partial charge in [-0.25, -0.2) is 0 Å². The summed E-state index contributed by atoms with van der Waals surface area (Å²) in [6.07, 6.45) is 7.06. The van der Waals surface area contributed by atoms with Crippen LogP contribution in [-0.4, -0.2) is 102 Å². The molecule has 0 aliphatic carbocycles. The van der Waals surface area contributed by atoms with Gasteiger partial charge in [-0.15, -0.1) is 0 Å². The number of rotatable bonds is 9. The molecule has 3 fully saturated rings. The lowest BCUT2D eigenvalue weighted by molar-refractivity contribution is -0.143. The Morgan fingerprint density at radius 1 is 1.05 bits per heavy atom. The summed E-state index contributed by atoms with van der Waals surface area (Å²) in [4.78, 5) is 50.7. The second-order valence-corrected chi connectivity index (χ2v) is 11.6. The summed E-state index contributed by atoms with van der Waals surface area (Å²) >= 11 is 0. The van der Waals surface area contributed by atoms with Crippen molar-refractivity contribution in [3.63, 3.8) is 0 Å². The molecule has 3 aliphatic heterocycles. The largest absolute Gasteiger partial charge is 0.342 e. The number of para-hydroxylation sites is 1. The van der Waals surface area contributed by atoms with E-state index in [1.165, 1.54) is 0 Å². The monoisotopic (exact) mass is 525 g/mol. The van der Waals surface area contributed by atoms with Gasteiger partial charge in [-0.3, -0.25) is 14.4 Å². The molecule has 3 aliphatic rings. The van der Waals surface area contributed by atoms with Crippen LogP contribution >= 0.6 is 0 Å². The van der Waals surface area contributed by atoms with Gasteiger partial charge >= 0.3 is 0 Å². The smallest absolute Gasteiger partial charge is 0.250 e. The maximum Gasteiger partial charge on any atom is 0.250 e. The van der Waals surface area contributed by atoms with E-state index < -0.39 is 5.54 Å². The highest BCUT2D eigenvalue weighted by molar-refractivity contribution is 5.96. The minimum atomic E-state index is -0.713. The fourth-order valence-corrected chi connectivity index (χ4v) is 6.49. The number of benzene rings is 1. The summed E-state index contributed by atoms with van der Waals surface area (Å²) in [6.45, 7) is 7.89. The lowest BCUT2D eigenvalue weighted by Gasteiger charge is -2.44. The van der Waals surface area contributed by atoms with Crippen LogP contribution < -0.4 is 4.90 Å². The van der Waals surface area contributed by atoms with Gasteiger partial charge in [0.1, 0.15) is 12.1 Å². The number of carbonyl (C=O) groups excluding carboxylic acids is 3. The first-order valence-electron chi connectivity index (χ1n) is 14.7. The van der Waals surface area contributed by atoms with E-state index in [-0.39, 0.29) is 36.2 Å². The van der Waals surface area contributed by atoms with Crippen molar-refractivity contribution < 1.29 is 14.4 Å². The highest BCUT2D eigenvalue weighted by atomic mass is 16.2. The molecule has 8 nitrogen and oxygen atoms in total. The van der Waals surface area contributed by atoms with Crippen LogP contribution in [0, 0.1) is 5.92 Å². The van der Waals surface area contributed by atoms with E-state index in [4.69, 9.17) is 0 Å². The zero-order chi connectivity index (χ0) is 27.3. The number of likely N-dealkylation sites (N-methyl/N-ethyl adjacent to an activating group) is 1. The Balaban J connectivity index is 1.47. The quantitative estimate of drug-likeness (QED) is 0.494. The molecule has 38 heavy (non-hydrogen) atoms. The van der Waals surface area contributed by atoms with Gasteiger partial charge in [0.25, 0.3) is 5.91 Å². The van der Waals surface area contributed by atoms with Gasteiger partial charge in [-0.05, 0) is 70.8 Å². The van der Waals surface area contributed by atoms with Gasteiger partial charge < -0.3 is 24.5 Å². The Morgan fingerprint density at radius 2 is 1.71 bits per heavy atom. The molecule has 3 heterocycles. The van der Waals surface area contributed by atoms with Crippen molar-refractivity contribution in [1.29, 1.82) is 0 Å².